The normalized spacial score (nSPS) is 11.5. The molecule has 0 spiro atoms. The minimum atomic E-state index is 0. The van der Waals surface area contributed by atoms with Crippen molar-refractivity contribution < 1.29 is 9.03 Å². The van der Waals surface area contributed by atoms with E-state index in [9.17, 15) is 0 Å². The average Bonchev–Trinajstić information content (AvgIpc) is 2.43. The average molecular weight is 349 g/mol. The molecule has 127 valence electrons. The summed E-state index contributed by atoms with van der Waals surface area (Å²) >= 11 is 5.51. The summed E-state index contributed by atoms with van der Waals surface area (Å²) in [6, 6.07) is 9.63. The summed E-state index contributed by atoms with van der Waals surface area (Å²) < 4.78 is 10.5. The largest absolute Gasteiger partial charge is 0.339 e. The number of benzene rings is 1. The lowest BCUT2D eigenvalue weighted by molar-refractivity contribution is 0.0325. The second-order valence-electron chi connectivity index (χ2n) is 6.13. The van der Waals surface area contributed by atoms with Gasteiger partial charge in [0.1, 0.15) is 0 Å². The van der Waals surface area contributed by atoms with Gasteiger partial charge in [0.15, 0.2) is 0 Å². The molecule has 22 heavy (non-hydrogen) atoms. The number of rotatable bonds is 10. The lowest BCUT2D eigenvalue weighted by atomic mass is 10.1. The van der Waals surface area contributed by atoms with E-state index in [1.54, 1.807) is 0 Å². The van der Waals surface area contributed by atoms with Gasteiger partial charge in [0.05, 0.1) is 18.5 Å². The van der Waals surface area contributed by atoms with Crippen molar-refractivity contribution in [2.75, 3.05) is 26.2 Å². The third-order valence-electron chi connectivity index (χ3n) is 2.97. The molecule has 0 saturated carbocycles. The number of hydrogen-bond acceptors (Lipinski definition) is 3. The summed E-state index contributed by atoms with van der Waals surface area (Å²) in [5.74, 6) is 1.29. The molecule has 1 rings (SSSR count). The van der Waals surface area contributed by atoms with Gasteiger partial charge in [-0.3, -0.25) is 0 Å². The Balaban J connectivity index is 0.00000441. The second-order valence-corrected chi connectivity index (χ2v) is 6.28. The first-order valence-electron chi connectivity index (χ1n) is 7.59. The molecule has 0 atom stereocenters. The van der Waals surface area contributed by atoms with Crippen LogP contribution in [-0.4, -0.2) is 31.1 Å². The van der Waals surface area contributed by atoms with Crippen LogP contribution in [0.15, 0.2) is 30.3 Å². The van der Waals surface area contributed by atoms with Crippen molar-refractivity contribution >= 4 is 24.3 Å². The van der Waals surface area contributed by atoms with E-state index in [4.69, 9.17) is 20.9 Å². The fourth-order valence-electron chi connectivity index (χ4n) is 2.28. The van der Waals surface area contributed by atoms with E-state index in [0.29, 0.717) is 24.7 Å². The van der Waals surface area contributed by atoms with Crippen LogP contribution in [0.2, 0.25) is 0 Å². The predicted molar refractivity (Wildman–Crippen MR) is 95.0 cm³/mol. The van der Waals surface area contributed by atoms with Gasteiger partial charge in [0.25, 0.3) is 6.29 Å². The van der Waals surface area contributed by atoms with Crippen LogP contribution in [0.1, 0.15) is 33.3 Å². The van der Waals surface area contributed by atoms with Crippen molar-refractivity contribution in [1.82, 2.24) is 4.90 Å². The molecular formula is C17H28Cl2NO2. The van der Waals surface area contributed by atoms with Crippen LogP contribution in [0, 0.1) is 18.1 Å². The standard InChI is InChI=1S/C17H27ClNO2.ClH/c1-14(2)12-19(13-15(3)4)10-11-20-17(21-18)16-8-6-5-7-9-16;/h5-9,14-15H,10-13H2,1-4H3;1H. The van der Waals surface area contributed by atoms with Gasteiger partial charge in [-0.1, -0.05) is 58.0 Å². The van der Waals surface area contributed by atoms with Gasteiger partial charge in [-0.05, 0) is 11.8 Å². The molecule has 1 radical (unpaired) electrons. The zero-order chi connectivity index (χ0) is 15.7. The first-order valence-corrected chi connectivity index (χ1v) is 7.90. The maximum absolute atomic E-state index is 5.69. The Labute approximate surface area is 146 Å². The van der Waals surface area contributed by atoms with Gasteiger partial charge in [-0.25, -0.2) is 4.29 Å². The summed E-state index contributed by atoms with van der Waals surface area (Å²) in [7, 11) is 0. The fraction of sp³-hybridized carbons (Fsp3) is 0.588. The Hall–Kier alpha value is -0.320. The van der Waals surface area contributed by atoms with Crippen LogP contribution < -0.4 is 0 Å². The molecule has 5 heteroatoms. The molecule has 0 aliphatic rings. The van der Waals surface area contributed by atoms with E-state index in [0.717, 1.165) is 25.2 Å². The predicted octanol–water partition coefficient (Wildman–Crippen LogP) is 4.75. The Bertz CT molecular complexity index is 364. The van der Waals surface area contributed by atoms with Crippen molar-refractivity contribution in [1.29, 1.82) is 0 Å². The van der Waals surface area contributed by atoms with Crippen LogP contribution in [0.5, 0.6) is 0 Å². The molecule has 0 N–H and O–H groups in total. The molecule has 1 aromatic rings. The number of ether oxygens (including phenoxy) is 1. The minimum absolute atomic E-state index is 0. The first-order chi connectivity index (χ1) is 10.0. The van der Waals surface area contributed by atoms with Crippen molar-refractivity contribution in [2.45, 2.75) is 27.7 Å². The lowest BCUT2D eigenvalue weighted by Gasteiger charge is -2.26. The highest BCUT2D eigenvalue weighted by atomic mass is 35.5. The summed E-state index contributed by atoms with van der Waals surface area (Å²) in [5.41, 5.74) is 0.853. The van der Waals surface area contributed by atoms with E-state index >= 15 is 0 Å². The maximum Gasteiger partial charge on any atom is 0.274 e. The molecule has 0 bridgehead atoms. The van der Waals surface area contributed by atoms with Gasteiger partial charge in [0, 0.05) is 25.2 Å². The van der Waals surface area contributed by atoms with Crippen molar-refractivity contribution in [3.8, 4) is 0 Å². The summed E-state index contributed by atoms with van der Waals surface area (Å²) in [5, 5.41) is 0. The van der Waals surface area contributed by atoms with Gasteiger partial charge in [0.2, 0.25) is 0 Å². The quantitative estimate of drug-likeness (QED) is 0.609. The van der Waals surface area contributed by atoms with E-state index in [1.165, 1.54) is 0 Å². The van der Waals surface area contributed by atoms with Crippen molar-refractivity contribution in [3.05, 3.63) is 42.2 Å². The van der Waals surface area contributed by atoms with Crippen LogP contribution >= 0.6 is 24.3 Å². The first kappa shape index (κ1) is 21.7. The van der Waals surface area contributed by atoms with Gasteiger partial charge >= 0.3 is 0 Å². The molecule has 0 aliphatic heterocycles. The third-order valence-corrected chi connectivity index (χ3v) is 3.11. The number of halogens is 2. The monoisotopic (exact) mass is 348 g/mol. The SMILES string of the molecule is CC(C)CN(CCO[C](OCl)c1ccccc1)CC(C)C.Cl. The van der Waals surface area contributed by atoms with Crippen LogP contribution in [0.25, 0.3) is 0 Å². The Kier molecular flexibility index (Phi) is 12.0. The van der Waals surface area contributed by atoms with E-state index in [-0.39, 0.29) is 12.4 Å². The molecule has 0 unspecified atom stereocenters. The van der Waals surface area contributed by atoms with Crippen molar-refractivity contribution in [3.63, 3.8) is 0 Å². The molecule has 0 fully saturated rings. The van der Waals surface area contributed by atoms with E-state index < -0.39 is 0 Å². The molecule has 0 saturated heterocycles. The molecular weight excluding hydrogens is 321 g/mol. The zero-order valence-electron chi connectivity index (χ0n) is 13.9. The molecule has 0 heterocycles. The highest BCUT2D eigenvalue weighted by Gasteiger charge is 2.16. The minimum Gasteiger partial charge on any atom is -0.339 e. The Morgan fingerprint density at radius 3 is 2.05 bits per heavy atom. The Morgan fingerprint density at radius 1 is 1.05 bits per heavy atom. The van der Waals surface area contributed by atoms with Gasteiger partial charge < -0.3 is 9.64 Å². The van der Waals surface area contributed by atoms with Crippen LogP contribution in [-0.2, 0) is 9.03 Å². The van der Waals surface area contributed by atoms with Crippen molar-refractivity contribution in [2.24, 2.45) is 11.8 Å². The fourth-order valence-corrected chi connectivity index (χ4v) is 2.42. The third kappa shape index (κ3) is 8.96. The highest BCUT2D eigenvalue weighted by Crippen LogP contribution is 2.19. The maximum atomic E-state index is 5.69. The summed E-state index contributed by atoms with van der Waals surface area (Å²) in [6.07, 6.45) is 0.367. The Morgan fingerprint density at radius 2 is 1.59 bits per heavy atom. The molecule has 3 nitrogen and oxygen atoms in total. The van der Waals surface area contributed by atoms with E-state index in [2.05, 4.69) is 32.6 Å². The van der Waals surface area contributed by atoms with Gasteiger partial charge in [-0.2, -0.15) is 0 Å². The molecule has 0 aromatic heterocycles. The van der Waals surface area contributed by atoms with Gasteiger partial charge in [-0.15, -0.1) is 12.4 Å². The topological polar surface area (TPSA) is 21.7 Å². The summed E-state index contributed by atoms with van der Waals surface area (Å²) in [6.45, 7) is 12.5. The van der Waals surface area contributed by atoms with E-state index in [1.807, 2.05) is 30.3 Å². The number of hydrogen-bond donors (Lipinski definition) is 0. The zero-order valence-corrected chi connectivity index (χ0v) is 15.5. The molecule has 1 aromatic carbocycles. The number of nitrogens with zero attached hydrogens (tertiary/aromatic N) is 1. The van der Waals surface area contributed by atoms with Crippen LogP contribution in [0.4, 0.5) is 0 Å². The molecule has 0 amide bonds. The molecule has 0 aliphatic carbocycles. The highest BCUT2D eigenvalue weighted by molar-refractivity contribution is 6.07. The summed E-state index contributed by atoms with van der Waals surface area (Å²) in [4.78, 5) is 2.42. The smallest absolute Gasteiger partial charge is 0.274 e. The second kappa shape index (κ2) is 12.1. The van der Waals surface area contributed by atoms with Crippen LogP contribution in [0.3, 0.4) is 0 Å². The lowest BCUT2D eigenvalue weighted by Crippen LogP contribution is -2.34.